The highest BCUT2D eigenvalue weighted by Gasteiger charge is 2.54. The summed E-state index contributed by atoms with van der Waals surface area (Å²) in [5.74, 6) is 0.586. The molecule has 0 N–H and O–H groups in total. The van der Waals surface area contributed by atoms with Crippen LogP contribution >= 0.6 is 11.8 Å². The maximum absolute atomic E-state index is 13.2. The molecule has 182 valence electrons. The molecule has 6 rings (SSSR count). The first-order chi connectivity index (χ1) is 16.8. The number of carbonyl (C=O) groups is 3. The summed E-state index contributed by atoms with van der Waals surface area (Å²) in [5, 5.41) is 11.4. The van der Waals surface area contributed by atoms with Gasteiger partial charge in [-0.05, 0) is 80.7 Å². The topological polar surface area (TPSA) is 104 Å². The van der Waals surface area contributed by atoms with Crippen molar-refractivity contribution < 1.29 is 24.0 Å². The van der Waals surface area contributed by atoms with Gasteiger partial charge in [-0.15, -0.1) is 11.8 Å². The van der Waals surface area contributed by atoms with Crippen LogP contribution in [0.5, 0.6) is 0 Å². The zero-order valence-corrected chi connectivity index (χ0v) is 20.3. The van der Waals surface area contributed by atoms with Crippen molar-refractivity contribution >= 4 is 35.0 Å². The Morgan fingerprint density at radius 1 is 1.00 bits per heavy atom. The summed E-state index contributed by atoms with van der Waals surface area (Å²) >= 11 is 1.22. The lowest BCUT2D eigenvalue weighted by atomic mass is 9.48. The van der Waals surface area contributed by atoms with Crippen molar-refractivity contribution in [2.75, 3.05) is 12.9 Å². The van der Waals surface area contributed by atoms with E-state index in [9.17, 15) is 24.5 Å². The van der Waals surface area contributed by atoms with Crippen LogP contribution in [-0.2, 0) is 9.53 Å². The van der Waals surface area contributed by atoms with Crippen molar-refractivity contribution in [3.8, 4) is 0 Å². The molecule has 4 aliphatic rings. The molecule has 0 saturated heterocycles. The average molecular weight is 494 g/mol. The number of ether oxygens (including phenoxy) is 1. The molecule has 0 radical (unpaired) electrons. The van der Waals surface area contributed by atoms with Crippen molar-refractivity contribution in [2.45, 2.75) is 43.4 Å². The molecule has 0 amide bonds. The maximum Gasteiger partial charge on any atom is 0.339 e. The third-order valence-corrected chi connectivity index (χ3v) is 8.78. The van der Waals surface area contributed by atoms with Gasteiger partial charge in [-0.2, -0.15) is 0 Å². The van der Waals surface area contributed by atoms with Crippen molar-refractivity contribution in [1.29, 1.82) is 0 Å². The van der Waals surface area contributed by atoms with Crippen LogP contribution in [0.1, 0.15) is 64.8 Å². The standard InChI is InChI=1S/C27H27NO6S/c1-35-23-7-6-19(11-22(23)28(32)33)25(30)20-4-2-3-5-21(20)26(31)34-15-24(29)27-12-16-8-17(13-27)10-18(9-16)14-27/h2-7,11,16-18H,8-10,12-15H2,1H3. The molecule has 0 aliphatic heterocycles. The molecule has 0 aromatic heterocycles. The number of carbonyl (C=O) groups excluding carboxylic acids is 3. The molecule has 7 nitrogen and oxygen atoms in total. The number of esters is 1. The molecule has 4 bridgehead atoms. The number of thioether (sulfide) groups is 1. The molecular formula is C27H27NO6S. The zero-order valence-electron chi connectivity index (χ0n) is 19.5. The predicted molar refractivity (Wildman–Crippen MR) is 131 cm³/mol. The number of Topliss-reactive ketones (excluding diaryl/α,β-unsaturated/α-hetero) is 1. The number of nitro groups is 1. The number of benzene rings is 2. The van der Waals surface area contributed by atoms with Crippen molar-refractivity contribution in [1.82, 2.24) is 0 Å². The Hall–Kier alpha value is -3.00. The Balaban J connectivity index is 1.32. The van der Waals surface area contributed by atoms with Crippen LogP contribution in [0.2, 0.25) is 0 Å². The van der Waals surface area contributed by atoms with Gasteiger partial charge < -0.3 is 4.74 Å². The van der Waals surface area contributed by atoms with Crippen LogP contribution in [-0.4, -0.2) is 35.3 Å². The predicted octanol–water partition coefficient (Wildman–Crippen LogP) is 5.49. The van der Waals surface area contributed by atoms with Gasteiger partial charge in [0.1, 0.15) is 0 Å². The van der Waals surface area contributed by atoms with Crippen LogP contribution in [0.25, 0.3) is 0 Å². The van der Waals surface area contributed by atoms with Gasteiger partial charge in [-0.1, -0.05) is 18.2 Å². The van der Waals surface area contributed by atoms with Crippen molar-refractivity contribution in [3.05, 3.63) is 69.3 Å². The Bertz CT molecular complexity index is 1190. The molecule has 2 aromatic rings. The van der Waals surface area contributed by atoms with E-state index in [0.717, 1.165) is 19.3 Å². The van der Waals surface area contributed by atoms with Gasteiger partial charge in [-0.25, -0.2) is 4.79 Å². The van der Waals surface area contributed by atoms with Crippen LogP contribution in [0.4, 0.5) is 5.69 Å². The van der Waals surface area contributed by atoms with Crippen LogP contribution in [0.3, 0.4) is 0 Å². The Labute approximate surface area is 207 Å². The Kier molecular flexibility index (Phi) is 6.25. The SMILES string of the molecule is CSc1ccc(C(=O)c2ccccc2C(=O)OCC(=O)C23CC4CC(CC(C4)C2)C3)cc1[N+](=O)[O-]. The number of nitro benzene ring substituents is 1. The lowest BCUT2D eigenvalue weighted by molar-refractivity contribution is -0.387. The van der Waals surface area contributed by atoms with Gasteiger partial charge in [0.15, 0.2) is 18.2 Å². The van der Waals surface area contributed by atoms with Crippen LogP contribution in [0, 0.1) is 33.3 Å². The lowest BCUT2D eigenvalue weighted by Gasteiger charge is -2.55. The monoisotopic (exact) mass is 493 g/mol. The molecule has 0 unspecified atom stereocenters. The second kappa shape index (κ2) is 9.22. The molecule has 4 fully saturated rings. The van der Waals surface area contributed by atoms with Gasteiger partial charge >= 0.3 is 5.97 Å². The van der Waals surface area contributed by atoms with E-state index >= 15 is 0 Å². The molecule has 35 heavy (non-hydrogen) atoms. The molecule has 4 saturated carbocycles. The largest absolute Gasteiger partial charge is 0.454 e. The summed E-state index contributed by atoms with van der Waals surface area (Å²) in [5.41, 5.74) is -0.273. The van der Waals surface area contributed by atoms with E-state index in [1.165, 1.54) is 61.4 Å². The van der Waals surface area contributed by atoms with E-state index in [1.54, 1.807) is 18.4 Å². The Morgan fingerprint density at radius 3 is 2.17 bits per heavy atom. The minimum atomic E-state index is -0.734. The van der Waals surface area contributed by atoms with E-state index in [1.807, 2.05) is 0 Å². The van der Waals surface area contributed by atoms with Gasteiger partial charge in [0, 0.05) is 22.6 Å². The van der Waals surface area contributed by atoms with Gasteiger partial charge in [0.2, 0.25) is 0 Å². The van der Waals surface area contributed by atoms with Crippen LogP contribution in [0.15, 0.2) is 47.4 Å². The summed E-state index contributed by atoms with van der Waals surface area (Å²) in [4.78, 5) is 50.7. The summed E-state index contributed by atoms with van der Waals surface area (Å²) in [7, 11) is 0. The third-order valence-electron chi connectivity index (χ3n) is 7.99. The van der Waals surface area contributed by atoms with Crippen molar-refractivity contribution in [2.24, 2.45) is 23.2 Å². The smallest absolute Gasteiger partial charge is 0.339 e. The summed E-state index contributed by atoms with van der Waals surface area (Å²) in [6, 6.07) is 10.5. The maximum atomic E-state index is 13.2. The first kappa shape index (κ1) is 23.7. The summed E-state index contributed by atoms with van der Waals surface area (Å²) in [6.07, 6.45) is 8.08. The van der Waals surface area contributed by atoms with E-state index in [0.29, 0.717) is 22.6 Å². The number of hydrogen-bond donors (Lipinski definition) is 0. The zero-order chi connectivity index (χ0) is 24.7. The fourth-order valence-electron chi connectivity index (χ4n) is 6.80. The fourth-order valence-corrected chi connectivity index (χ4v) is 7.35. The quantitative estimate of drug-likeness (QED) is 0.157. The second-order valence-electron chi connectivity index (χ2n) is 10.2. The highest BCUT2D eigenvalue weighted by Crippen LogP contribution is 2.60. The van der Waals surface area contributed by atoms with Gasteiger partial charge in [-0.3, -0.25) is 19.7 Å². The van der Waals surface area contributed by atoms with Gasteiger partial charge in [0.05, 0.1) is 15.4 Å². The first-order valence-corrected chi connectivity index (χ1v) is 13.2. The van der Waals surface area contributed by atoms with E-state index in [4.69, 9.17) is 4.74 Å². The minimum absolute atomic E-state index is 0.00274. The third kappa shape index (κ3) is 4.40. The molecule has 0 heterocycles. The molecule has 0 atom stereocenters. The molecule has 4 aliphatic carbocycles. The fraction of sp³-hybridized carbons (Fsp3) is 0.444. The number of ketones is 2. The van der Waals surface area contributed by atoms with Gasteiger partial charge in [0.25, 0.3) is 5.69 Å². The summed E-state index contributed by atoms with van der Waals surface area (Å²) < 4.78 is 5.45. The van der Waals surface area contributed by atoms with E-state index < -0.39 is 16.7 Å². The highest BCUT2D eigenvalue weighted by molar-refractivity contribution is 7.98. The number of nitrogens with zero attached hydrogens (tertiary/aromatic N) is 1. The molecular weight excluding hydrogens is 466 g/mol. The highest BCUT2D eigenvalue weighted by atomic mass is 32.2. The molecule has 0 spiro atoms. The lowest BCUT2D eigenvalue weighted by Crippen LogP contribution is -2.51. The second-order valence-corrected chi connectivity index (χ2v) is 11.1. The first-order valence-electron chi connectivity index (χ1n) is 12.0. The van der Waals surface area contributed by atoms with E-state index in [-0.39, 0.29) is 40.2 Å². The molecule has 8 heteroatoms. The summed E-state index contributed by atoms with van der Waals surface area (Å²) in [6.45, 7) is -0.290. The number of hydrogen-bond acceptors (Lipinski definition) is 7. The Morgan fingerprint density at radius 2 is 1.60 bits per heavy atom. The van der Waals surface area contributed by atoms with Crippen molar-refractivity contribution in [3.63, 3.8) is 0 Å². The molecule has 2 aromatic carbocycles. The average Bonchev–Trinajstić information content (AvgIpc) is 2.85. The normalized spacial score (nSPS) is 26.4. The van der Waals surface area contributed by atoms with E-state index in [2.05, 4.69) is 0 Å². The minimum Gasteiger partial charge on any atom is -0.454 e. The van der Waals surface area contributed by atoms with Crippen LogP contribution < -0.4 is 0 Å². The number of rotatable bonds is 8.